The zero-order chi connectivity index (χ0) is 19.4. The monoisotopic (exact) mass is 387 g/mol. The van der Waals surface area contributed by atoms with Crippen LogP contribution in [-0.2, 0) is 10.2 Å². The molecule has 1 aromatic carbocycles. The molecule has 1 unspecified atom stereocenters. The van der Waals surface area contributed by atoms with E-state index in [2.05, 4.69) is 4.98 Å². The topological polar surface area (TPSA) is 88.9 Å². The van der Waals surface area contributed by atoms with Crippen LogP contribution in [0, 0.1) is 0 Å². The number of carbonyl (C=O) groups is 1. The number of aliphatic hydroxyl groups is 1. The van der Waals surface area contributed by atoms with Crippen molar-refractivity contribution < 1.29 is 24.5 Å². The molecule has 1 aromatic heterocycles. The number of aromatic nitrogens is 1. The third-order valence-corrected chi connectivity index (χ3v) is 5.24. The van der Waals surface area contributed by atoms with Gasteiger partial charge in [-0.25, -0.2) is 4.98 Å². The van der Waals surface area contributed by atoms with Gasteiger partial charge in [0.15, 0.2) is 16.9 Å². The average Bonchev–Trinajstić information content (AvgIpc) is 3.18. The molecule has 27 heavy (non-hydrogen) atoms. The molecule has 2 N–H and O–H groups in total. The maximum Gasteiger partial charge on any atom is 0.322 e. The van der Waals surface area contributed by atoms with Crippen molar-refractivity contribution in [3.63, 3.8) is 0 Å². The third-order valence-electron chi connectivity index (χ3n) is 4.43. The van der Waals surface area contributed by atoms with Gasteiger partial charge >= 0.3 is 5.97 Å². The Kier molecular flexibility index (Phi) is 5.51. The maximum absolute atomic E-state index is 12.4. The summed E-state index contributed by atoms with van der Waals surface area (Å²) in [6.45, 7) is 4.58. The standard InChI is InChI=1S/C20H21NO5S/c1-3-25-15-8-7-13(12-16(15)26-4-2)20(19(23)24)9-5-6-14(17(20)22)18-21-10-11-27-18/h5-8,10-12,22H,3-4,9H2,1-2H3,(H,23,24). The minimum atomic E-state index is -1.60. The van der Waals surface area contributed by atoms with Crippen LogP contribution < -0.4 is 9.47 Å². The van der Waals surface area contributed by atoms with Gasteiger partial charge in [-0.1, -0.05) is 18.2 Å². The number of nitrogens with zero attached hydrogens (tertiary/aromatic N) is 1. The Morgan fingerprint density at radius 3 is 2.63 bits per heavy atom. The Morgan fingerprint density at radius 1 is 1.26 bits per heavy atom. The van der Waals surface area contributed by atoms with Crippen LogP contribution in [0.15, 0.2) is 47.7 Å². The van der Waals surface area contributed by atoms with E-state index in [1.807, 2.05) is 13.8 Å². The second-order valence-electron chi connectivity index (χ2n) is 5.94. The van der Waals surface area contributed by atoms with Crippen molar-refractivity contribution in [2.45, 2.75) is 25.7 Å². The Hall–Kier alpha value is -2.80. The van der Waals surface area contributed by atoms with Crippen LogP contribution in [0.1, 0.15) is 30.8 Å². The van der Waals surface area contributed by atoms with Crippen LogP contribution in [0.5, 0.6) is 11.5 Å². The summed E-state index contributed by atoms with van der Waals surface area (Å²) in [7, 11) is 0. The summed E-state index contributed by atoms with van der Waals surface area (Å²) >= 11 is 1.34. The molecule has 2 aromatic rings. The van der Waals surface area contributed by atoms with E-state index in [9.17, 15) is 15.0 Å². The Bertz CT molecular complexity index is 888. The first kappa shape index (κ1) is 19.0. The van der Waals surface area contributed by atoms with E-state index in [-0.39, 0.29) is 12.2 Å². The summed E-state index contributed by atoms with van der Waals surface area (Å²) in [4.78, 5) is 16.6. The molecule has 3 rings (SSSR count). The van der Waals surface area contributed by atoms with Crippen molar-refractivity contribution in [2.75, 3.05) is 13.2 Å². The predicted octanol–water partition coefficient (Wildman–Crippen LogP) is 4.19. The van der Waals surface area contributed by atoms with Gasteiger partial charge in [0.05, 0.1) is 13.2 Å². The van der Waals surface area contributed by atoms with Crippen molar-refractivity contribution in [1.82, 2.24) is 4.98 Å². The second kappa shape index (κ2) is 7.84. The highest BCUT2D eigenvalue weighted by molar-refractivity contribution is 7.10. The minimum Gasteiger partial charge on any atom is -0.510 e. The molecule has 0 bridgehead atoms. The average molecular weight is 387 g/mol. The minimum absolute atomic E-state index is 0.128. The van der Waals surface area contributed by atoms with E-state index in [0.29, 0.717) is 40.9 Å². The molecule has 1 aliphatic carbocycles. The van der Waals surface area contributed by atoms with Gasteiger partial charge in [0.25, 0.3) is 0 Å². The summed E-state index contributed by atoms with van der Waals surface area (Å²) in [5.41, 5.74) is -0.755. The van der Waals surface area contributed by atoms with Gasteiger partial charge in [0, 0.05) is 17.2 Å². The number of ether oxygens (including phenoxy) is 2. The van der Waals surface area contributed by atoms with E-state index >= 15 is 0 Å². The van der Waals surface area contributed by atoms with Crippen LogP contribution in [0.3, 0.4) is 0 Å². The van der Waals surface area contributed by atoms with E-state index in [0.717, 1.165) is 0 Å². The number of carboxylic acids is 1. The molecule has 1 aliphatic rings. The van der Waals surface area contributed by atoms with E-state index in [4.69, 9.17) is 9.47 Å². The molecule has 0 amide bonds. The zero-order valence-corrected chi connectivity index (χ0v) is 16.0. The molecule has 0 saturated carbocycles. The molecule has 7 heteroatoms. The second-order valence-corrected chi connectivity index (χ2v) is 6.84. The summed E-state index contributed by atoms with van der Waals surface area (Å²) < 4.78 is 11.2. The number of hydrogen-bond acceptors (Lipinski definition) is 6. The number of thiazole rings is 1. The summed E-state index contributed by atoms with van der Waals surface area (Å²) in [5, 5.41) is 23.5. The molecule has 0 saturated heterocycles. The van der Waals surface area contributed by atoms with Gasteiger partial charge in [-0.05, 0) is 38.0 Å². The smallest absolute Gasteiger partial charge is 0.322 e. The normalized spacial score (nSPS) is 19.2. The Balaban J connectivity index is 2.17. The van der Waals surface area contributed by atoms with Gasteiger partial charge in [-0.15, -0.1) is 11.3 Å². The first-order valence-electron chi connectivity index (χ1n) is 8.68. The fourth-order valence-electron chi connectivity index (χ4n) is 3.17. The molecule has 0 fully saturated rings. The van der Waals surface area contributed by atoms with Gasteiger partial charge in [0.2, 0.25) is 0 Å². The van der Waals surface area contributed by atoms with E-state index in [1.54, 1.807) is 41.9 Å². The lowest BCUT2D eigenvalue weighted by Crippen LogP contribution is -2.39. The van der Waals surface area contributed by atoms with Crippen LogP contribution in [0.2, 0.25) is 0 Å². The molecule has 6 nitrogen and oxygen atoms in total. The number of rotatable bonds is 7. The van der Waals surface area contributed by atoms with Crippen LogP contribution in [-0.4, -0.2) is 34.4 Å². The number of aliphatic carboxylic acids is 1. The molecule has 1 atom stereocenters. The number of allylic oxidation sites excluding steroid dienone is 3. The Labute approximate surface area is 161 Å². The largest absolute Gasteiger partial charge is 0.510 e. The third kappa shape index (κ3) is 3.30. The number of benzene rings is 1. The van der Waals surface area contributed by atoms with Crippen molar-refractivity contribution in [3.8, 4) is 11.5 Å². The highest BCUT2D eigenvalue weighted by Gasteiger charge is 2.47. The highest BCUT2D eigenvalue weighted by Crippen LogP contribution is 2.45. The van der Waals surface area contributed by atoms with Crippen LogP contribution in [0.25, 0.3) is 5.57 Å². The number of carboxylic acid groups (broad SMARTS) is 1. The van der Waals surface area contributed by atoms with Gasteiger partial charge < -0.3 is 19.7 Å². The van der Waals surface area contributed by atoms with Gasteiger partial charge in [0.1, 0.15) is 10.8 Å². The molecule has 0 radical (unpaired) electrons. The maximum atomic E-state index is 12.4. The van der Waals surface area contributed by atoms with Gasteiger partial charge in [-0.2, -0.15) is 0 Å². The van der Waals surface area contributed by atoms with Crippen LogP contribution in [0.4, 0.5) is 0 Å². The number of aliphatic hydroxyl groups excluding tert-OH is 1. The molecular weight excluding hydrogens is 366 g/mol. The lowest BCUT2D eigenvalue weighted by molar-refractivity contribution is -0.143. The SMILES string of the molecule is CCOc1ccc(C2(C(=O)O)CC=CC(c3nccs3)=C2O)cc1OCC. The molecule has 142 valence electrons. The fraction of sp³-hybridized carbons (Fsp3) is 0.300. The van der Waals surface area contributed by atoms with Crippen LogP contribution >= 0.6 is 11.3 Å². The Morgan fingerprint density at radius 2 is 2.00 bits per heavy atom. The number of hydrogen-bond donors (Lipinski definition) is 2. The van der Waals surface area contributed by atoms with Crippen molar-refractivity contribution in [3.05, 3.63) is 58.3 Å². The molecule has 0 spiro atoms. The summed E-state index contributed by atoms with van der Waals surface area (Å²) in [6.07, 6.45) is 5.21. The zero-order valence-electron chi connectivity index (χ0n) is 15.1. The summed E-state index contributed by atoms with van der Waals surface area (Å²) in [6, 6.07) is 4.98. The fourth-order valence-corrected chi connectivity index (χ4v) is 3.84. The van der Waals surface area contributed by atoms with E-state index in [1.165, 1.54) is 11.3 Å². The molecular formula is C20H21NO5S. The van der Waals surface area contributed by atoms with Gasteiger partial charge in [-0.3, -0.25) is 4.79 Å². The van der Waals surface area contributed by atoms with E-state index < -0.39 is 11.4 Å². The summed E-state index contributed by atoms with van der Waals surface area (Å²) in [5.74, 6) is -0.363. The first-order valence-corrected chi connectivity index (χ1v) is 9.56. The lowest BCUT2D eigenvalue weighted by Gasteiger charge is -2.32. The quantitative estimate of drug-likeness (QED) is 0.740. The lowest BCUT2D eigenvalue weighted by atomic mass is 9.72. The first-order chi connectivity index (χ1) is 13.0. The van der Waals surface area contributed by atoms with Crippen molar-refractivity contribution in [1.29, 1.82) is 0 Å². The highest BCUT2D eigenvalue weighted by atomic mass is 32.1. The molecule has 1 heterocycles. The predicted molar refractivity (Wildman–Crippen MR) is 104 cm³/mol. The van der Waals surface area contributed by atoms with Crippen molar-refractivity contribution in [2.24, 2.45) is 0 Å². The molecule has 0 aliphatic heterocycles. The van der Waals surface area contributed by atoms with Crippen molar-refractivity contribution >= 4 is 22.9 Å².